The fourth-order valence-corrected chi connectivity index (χ4v) is 7.20. The topological polar surface area (TPSA) is 79.6 Å². The van der Waals surface area contributed by atoms with Crippen molar-refractivity contribution in [3.05, 3.63) is 51.0 Å². The maximum Gasteiger partial charge on any atom is 0.232 e. The van der Waals surface area contributed by atoms with Crippen LogP contribution in [0.5, 0.6) is 11.5 Å². The first-order valence-electron chi connectivity index (χ1n) is 12.2. The highest BCUT2D eigenvalue weighted by Gasteiger charge is 2.42. The van der Waals surface area contributed by atoms with Crippen molar-refractivity contribution in [2.24, 2.45) is 0 Å². The molecule has 174 valence electrons. The highest BCUT2D eigenvalue weighted by molar-refractivity contribution is 7.16. The molecule has 0 saturated heterocycles. The molecule has 0 spiro atoms. The number of anilines is 1. The third-order valence-electron chi connectivity index (χ3n) is 7.44. The number of carbonyl (C=O) groups excluding carboxylic acids is 2. The second-order valence-corrected chi connectivity index (χ2v) is 10.5. The van der Waals surface area contributed by atoms with E-state index in [2.05, 4.69) is 6.07 Å². The molecule has 2 aromatic rings. The number of ether oxygens (including phenoxy) is 2. The van der Waals surface area contributed by atoms with Gasteiger partial charge < -0.3 is 9.47 Å². The van der Waals surface area contributed by atoms with Crippen LogP contribution in [0.3, 0.4) is 0 Å². The molecule has 7 heteroatoms. The number of hydrogen-bond donors (Lipinski definition) is 0. The molecule has 0 fully saturated rings. The molecule has 0 unspecified atom stereocenters. The largest absolute Gasteiger partial charge is 0.454 e. The number of ketones is 1. The van der Waals surface area contributed by atoms with Crippen molar-refractivity contribution in [2.45, 2.75) is 70.1 Å². The summed E-state index contributed by atoms with van der Waals surface area (Å²) in [5, 5.41) is 10.8. The zero-order valence-corrected chi connectivity index (χ0v) is 19.8. The fraction of sp³-hybridized carbons (Fsp3) is 0.444. The Labute approximate surface area is 202 Å². The first kappa shape index (κ1) is 21.4. The van der Waals surface area contributed by atoms with Gasteiger partial charge in [0, 0.05) is 34.9 Å². The Bertz CT molecular complexity index is 1270. The van der Waals surface area contributed by atoms with E-state index in [9.17, 15) is 14.9 Å². The summed E-state index contributed by atoms with van der Waals surface area (Å²) >= 11 is 1.59. The lowest BCUT2D eigenvalue weighted by molar-refractivity contribution is -0.119. The summed E-state index contributed by atoms with van der Waals surface area (Å²) in [4.78, 5) is 29.9. The first-order chi connectivity index (χ1) is 16.7. The minimum atomic E-state index is -0.299. The molecule has 0 radical (unpaired) electrons. The summed E-state index contributed by atoms with van der Waals surface area (Å²) in [5.74, 6) is 1.11. The van der Waals surface area contributed by atoms with Gasteiger partial charge >= 0.3 is 0 Å². The number of nitrogens with zero attached hydrogens (tertiary/aromatic N) is 2. The lowest BCUT2D eigenvalue weighted by atomic mass is 9.77. The third kappa shape index (κ3) is 3.43. The Morgan fingerprint density at radius 1 is 0.971 bits per heavy atom. The van der Waals surface area contributed by atoms with Crippen LogP contribution in [0.4, 0.5) is 5.00 Å². The van der Waals surface area contributed by atoms with Gasteiger partial charge in [0.15, 0.2) is 17.3 Å². The molecule has 2 aliphatic heterocycles. The molecule has 3 heterocycles. The SMILES string of the molecule is N#Cc1c(N2C(=O)C[C@H](c3ccc4c(c3)OCO4)C3=C2CCCC3=O)sc2c1CCCCCC2. The standard InChI is InChI=1S/C27H26N2O4S/c28-14-19-17-6-3-1-2-4-9-24(17)34-27(19)29-20-7-5-8-21(30)26(20)18(13-25(29)31)16-10-11-22-23(12-16)33-15-32-22/h10-12,18H,1-9,13,15H2/t18-/m1/s1. The molecule has 0 bridgehead atoms. The molecule has 1 amide bonds. The summed E-state index contributed by atoms with van der Waals surface area (Å²) in [6.07, 6.45) is 8.52. The van der Waals surface area contributed by atoms with Crippen LogP contribution >= 0.6 is 11.3 Å². The van der Waals surface area contributed by atoms with Gasteiger partial charge in [-0.3, -0.25) is 14.5 Å². The summed E-state index contributed by atoms with van der Waals surface area (Å²) in [5.41, 5.74) is 4.19. The number of aryl methyl sites for hydroxylation is 1. The first-order valence-corrected chi connectivity index (χ1v) is 13.0. The van der Waals surface area contributed by atoms with Crippen LogP contribution in [0, 0.1) is 11.3 Å². The average Bonchev–Trinajstić information content (AvgIpc) is 3.42. The number of Topliss-reactive ketones (excluding diaryl/α,β-unsaturated/α-hetero) is 1. The quantitative estimate of drug-likeness (QED) is 0.571. The van der Waals surface area contributed by atoms with E-state index >= 15 is 0 Å². The van der Waals surface area contributed by atoms with Crippen molar-refractivity contribution in [1.29, 1.82) is 5.26 Å². The highest BCUT2D eigenvalue weighted by Crippen LogP contribution is 2.48. The van der Waals surface area contributed by atoms with Crippen LogP contribution in [0.1, 0.15) is 78.9 Å². The van der Waals surface area contributed by atoms with Crippen LogP contribution in [0.15, 0.2) is 29.5 Å². The van der Waals surface area contributed by atoms with Crippen molar-refractivity contribution >= 4 is 28.0 Å². The van der Waals surface area contributed by atoms with E-state index in [4.69, 9.17) is 9.47 Å². The Hall–Kier alpha value is -3.11. The maximum atomic E-state index is 13.7. The van der Waals surface area contributed by atoms with Gasteiger partial charge in [0.1, 0.15) is 11.1 Å². The van der Waals surface area contributed by atoms with Crippen molar-refractivity contribution in [3.63, 3.8) is 0 Å². The highest BCUT2D eigenvalue weighted by atomic mass is 32.1. The van der Waals surface area contributed by atoms with Gasteiger partial charge in [-0.2, -0.15) is 5.26 Å². The van der Waals surface area contributed by atoms with E-state index in [1.165, 1.54) is 17.7 Å². The van der Waals surface area contributed by atoms with Gasteiger partial charge in [-0.05, 0) is 61.8 Å². The molecule has 0 N–H and O–H groups in total. The zero-order chi connectivity index (χ0) is 23.2. The number of thiophene rings is 1. The van der Waals surface area contributed by atoms with E-state index < -0.39 is 0 Å². The number of fused-ring (bicyclic) bond motifs is 2. The fourth-order valence-electron chi connectivity index (χ4n) is 5.82. The van der Waals surface area contributed by atoms with Gasteiger partial charge in [-0.25, -0.2) is 0 Å². The van der Waals surface area contributed by atoms with Crippen LogP contribution in [-0.4, -0.2) is 18.5 Å². The molecule has 6 nitrogen and oxygen atoms in total. The number of benzene rings is 1. The smallest absolute Gasteiger partial charge is 0.232 e. The molecular formula is C27H26N2O4S. The van der Waals surface area contributed by atoms with Crippen LogP contribution in [0.2, 0.25) is 0 Å². The van der Waals surface area contributed by atoms with Gasteiger partial charge in [0.2, 0.25) is 12.7 Å². The van der Waals surface area contributed by atoms with Crippen molar-refractivity contribution < 1.29 is 19.1 Å². The summed E-state index contributed by atoms with van der Waals surface area (Å²) in [7, 11) is 0. The summed E-state index contributed by atoms with van der Waals surface area (Å²) in [6.45, 7) is 0.184. The Balaban J connectivity index is 1.48. The van der Waals surface area contributed by atoms with E-state index in [-0.39, 0.29) is 30.8 Å². The lowest BCUT2D eigenvalue weighted by Gasteiger charge is -2.37. The normalized spacial score (nSPS) is 22.1. The number of amides is 1. The molecule has 2 aliphatic carbocycles. The molecular weight excluding hydrogens is 448 g/mol. The molecule has 1 aromatic heterocycles. The predicted octanol–water partition coefficient (Wildman–Crippen LogP) is 5.54. The number of allylic oxidation sites excluding steroid dienone is 2. The third-order valence-corrected chi connectivity index (χ3v) is 8.72. The molecule has 34 heavy (non-hydrogen) atoms. The number of hydrogen-bond acceptors (Lipinski definition) is 6. The maximum absolute atomic E-state index is 13.7. The molecule has 4 aliphatic rings. The van der Waals surface area contributed by atoms with Gasteiger partial charge in [-0.1, -0.05) is 18.9 Å². The average molecular weight is 475 g/mol. The van der Waals surface area contributed by atoms with E-state index in [1.54, 1.807) is 16.2 Å². The summed E-state index contributed by atoms with van der Waals surface area (Å²) in [6, 6.07) is 8.12. The number of carbonyl (C=O) groups is 2. The van der Waals surface area contributed by atoms with Crippen molar-refractivity contribution in [2.75, 3.05) is 11.7 Å². The van der Waals surface area contributed by atoms with Crippen LogP contribution in [0.25, 0.3) is 0 Å². The Kier molecular flexibility index (Phi) is 5.41. The van der Waals surface area contributed by atoms with E-state index in [0.29, 0.717) is 29.9 Å². The van der Waals surface area contributed by atoms with E-state index in [1.807, 2.05) is 18.2 Å². The zero-order valence-electron chi connectivity index (χ0n) is 19.0. The van der Waals surface area contributed by atoms with Gasteiger partial charge in [0.25, 0.3) is 0 Å². The molecule has 1 atom stereocenters. The second-order valence-electron chi connectivity index (χ2n) is 9.45. The molecule has 0 saturated carbocycles. The number of rotatable bonds is 2. The van der Waals surface area contributed by atoms with Crippen LogP contribution < -0.4 is 14.4 Å². The molecule has 1 aromatic carbocycles. The van der Waals surface area contributed by atoms with Gasteiger partial charge in [0.05, 0.1) is 5.56 Å². The van der Waals surface area contributed by atoms with Crippen molar-refractivity contribution in [1.82, 2.24) is 0 Å². The molecule has 6 rings (SSSR count). The van der Waals surface area contributed by atoms with Crippen LogP contribution in [-0.2, 0) is 22.4 Å². The summed E-state index contributed by atoms with van der Waals surface area (Å²) < 4.78 is 11.0. The number of nitriles is 1. The Morgan fingerprint density at radius 2 is 1.79 bits per heavy atom. The Morgan fingerprint density at radius 3 is 2.65 bits per heavy atom. The monoisotopic (exact) mass is 474 g/mol. The predicted molar refractivity (Wildman–Crippen MR) is 128 cm³/mol. The minimum Gasteiger partial charge on any atom is -0.454 e. The second kappa shape index (κ2) is 8.59. The van der Waals surface area contributed by atoms with Crippen molar-refractivity contribution in [3.8, 4) is 17.6 Å². The minimum absolute atomic E-state index is 0.0400. The lowest BCUT2D eigenvalue weighted by Crippen LogP contribution is -2.40. The van der Waals surface area contributed by atoms with Gasteiger partial charge in [-0.15, -0.1) is 11.3 Å². The van der Waals surface area contributed by atoms with E-state index in [0.717, 1.165) is 59.5 Å².